The molecule has 0 bridgehead atoms. The van der Waals surface area contributed by atoms with Crippen molar-refractivity contribution in [2.45, 2.75) is 31.2 Å². The maximum atomic E-state index is 10.7. The summed E-state index contributed by atoms with van der Waals surface area (Å²) in [5.41, 5.74) is 8.16. The normalized spacial score (nSPS) is 18.5. The van der Waals surface area contributed by atoms with Crippen LogP contribution in [0.25, 0.3) is 0 Å². The summed E-state index contributed by atoms with van der Waals surface area (Å²) in [7, 11) is 0. The van der Waals surface area contributed by atoms with E-state index >= 15 is 0 Å². The van der Waals surface area contributed by atoms with Gasteiger partial charge in [0.25, 0.3) is 0 Å². The van der Waals surface area contributed by atoms with Gasteiger partial charge in [-0.3, -0.25) is 4.79 Å². The van der Waals surface area contributed by atoms with Crippen molar-refractivity contribution in [2.75, 3.05) is 11.5 Å². The molecular weight excluding hydrogens is 246 g/mol. The lowest BCUT2D eigenvalue weighted by Gasteiger charge is -2.22. The number of hydrogen-bond acceptors (Lipinski definition) is 3. The summed E-state index contributed by atoms with van der Waals surface area (Å²) in [5.74, 6) is 2.21. The van der Waals surface area contributed by atoms with Crippen LogP contribution in [0, 0.1) is 0 Å². The standard InChI is InChI=1S/C14H19NO2S/c15-13(9-14(16)17)12-3-1-2-11(8-12)10-4-6-18-7-5-10/h1-3,8,10,13H,4-7,9,15H2,(H,16,17). The Morgan fingerprint density at radius 1 is 1.44 bits per heavy atom. The predicted molar refractivity (Wildman–Crippen MR) is 74.9 cm³/mol. The molecule has 1 fully saturated rings. The minimum absolute atomic E-state index is 0.00995. The third-order valence-corrected chi connectivity index (χ3v) is 4.47. The Labute approximate surface area is 112 Å². The molecule has 0 saturated carbocycles. The summed E-state index contributed by atoms with van der Waals surface area (Å²) in [5, 5.41) is 8.78. The zero-order valence-corrected chi connectivity index (χ0v) is 11.2. The molecule has 3 N–H and O–H groups in total. The van der Waals surface area contributed by atoms with E-state index in [9.17, 15) is 4.79 Å². The van der Waals surface area contributed by atoms with E-state index < -0.39 is 12.0 Å². The van der Waals surface area contributed by atoms with Gasteiger partial charge < -0.3 is 10.8 Å². The van der Waals surface area contributed by atoms with Crippen LogP contribution in [0.15, 0.2) is 24.3 Å². The third-order valence-electron chi connectivity index (χ3n) is 3.43. The van der Waals surface area contributed by atoms with Gasteiger partial charge in [-0.25, -0.2) is 0 Å². The molecule has 4 heteroatoms. The Bertz CT molecular complexity index is 416. The first-order chi connectivity index (χ1) is 8.66. The second-order valence-electron chi connectivity index (χ2n) is 4.76. The van der Waals surface area contributed by atoms with Crippen molar-refractivity contribution < 1.29 is 9.90 Å². The smallest absolute Gasteiger partial charge is 0.305 e. The van der Waals surface area contributed by atoms with E-state index in [-0.39, 0.29) is 6.42 Å². The Morgan fingerprint density at radius 2 is 2.17 bits per heavy atom. The minimum atomic E-state index is -0.845. The molecule has 1 atom stereocenters. The number of nitrogens with two attached hydrogens (primary N) is 1. The van der Waals surface area contributed by atoms with Crippen LogP contribution in [-0.4, -0.2) is 22.6 Å². The van der Waals surface area contributed by atoms with Gasteiger partial charge in [0.15, 0.2) is 0 Å². The van der Waals surface area contributed by atoms with Gasteiger partial charge >= 0.3 is 5.97 Å². The number of carboxylic acids is 1. The fraction of sp³-hybridized carbons (Fsp3) is 0.500. The Morgan fingerprint density at radius 3 is 2.83 bits per heavy atom. The van der Waals surface area contributed by atoms with Crippen molar-refractivity contribution in [1.82, 2.24) is 0 Å². The van der Waals surface area contributed by atoms with E-state index in [0.29, 0.717) is 5.92 Å². The number of benzene rings is 1. The minimum Gasteiger partial charge on any atom is -0.481 e. The van der Waals surface area contributed by atoms with E-state index in [1.165, 1.54) is 29.9 Å². The lowest BCUT2D eigenvalue weighted by molar-refractivity contribution is -0.137. The predicted octanol–water partition coefficient (Wildman–Crippen LogP) is 2.77. The van der Waals surface area contributed by atoms with E-state index in [4.69, 9.17) is 10.8 Å². The molecule has 0 amide bonds. The molecule has 2 rings (SSSR count). The van der Waals surface area contributed by atoms with Crippen molar-refractivity contribution in [3.8, 4) is 0 Å². The summed E-state index contributed by atoms with van der Waals surface area (Å²) < 4.78 is 0. The number of hydrogen-bond donors (Lipinski definition) is 2. The van der Waals surface area contributed by atoms with Gasteiger partial charge in [-0.05, 0) is 41.4 Å². The Balaban J connectivity index is 2.11. The molecule has 0 aliphatic carbocycles. The van der Waals surface area contributed by atoms with Crippen molar-refractivity contribution in [2.24, 2.45) is 5.73 Å². The fourth-order valence-electron chi connectivity index (χ4n) is 2.38. The molecule has 1 heterocycles. The molecule has 0 spiro atoms. The largest absolute Gasteiger partial charge is 0.481 e. The monoisotopic (exact) mass is 265 g/mol. The Kier molecular flexibility index (Phi) is 4.66. The highest BCUT2D eigenvalue weighted by Crippen LogP contribution is 2.32. The highest BCUT2D eigenvalue weighted by atomic mass is 32.2. The number of carboxylic acid groups (broad SMARTS) is 1. The van der Waals surface area contributed by atoms with Crippen molar-refractivity contribution >= 4 is 17.7 Å². The molecular formula is C14H19NO2S. The highest BCUT2D eigenvalue weighted by molar-refractivity contribution is 7.99. The molecule has 1 aliphatic heterocycles. The molecule has 3 nitrogen and oxygen atoms in total. The first-order valence-corrected chi connectivity index (χ1v) is 7.47. The third kappa shape index (κ3) is 3.50. The molecule has 0 radical (unpaired) electrons. The average Bonchev–Trinajstić information content (AvgIpc) is 2.39. The molecule has 1 unspecified atom stereocenters. The second-order valence-corrected chi connectivity index (χ2v) is 5.99. The summed E-state index contributed by atoms with van der Waals surface area (Å²) in [4.78, 5) is 10.7. The quantitative estimate of drug-likeness (QED) is 0.878. The van der Waals surface area contributed by atoms with Gasteiger partial charge in [0.05, 0.1) is 6.42 Å². The number of rotatable bonds is 4. The van der Waals surface area contributed by atoms with Gasteiger partial charge in [0.2, 0.25) is 0 Å². The van der Waals surface area contributed by atoms with Crippen LogP contribution in [0.5, 0.6) is 0 Å². The summed E-state index contributed by atoms with van der Waals surface area (Å²) >= 11 is 2.01. The van der Waals surface area contributed by atoms with Crippen LogP contribution in [0.3, 0.4) is 0 Å². The van der Waals surface area contributed by atoms with Crippen LogP contribution in [0.1, 0.15) is 42.3 Å². The molecule has 1 saturated heterocycles. The summed E-state index contributed by atoms with van der Waals surface area (Å²) in [6, 6.07) is 7.75. The van der Waals surface area contributed by atoms with Gasteiger partial charge in [0.1, 0.15) is 0 Å². The topological polar surface area (TPSA) is 63.3 Å². The zero-order chi connectivity index (χ0) is 13.0. The highest BCUT2D eigenvalue weighted by Gasteiger charge is 2.17. The first-order valence-electron chi connectivity index (χ1n) is 6.32. The van der Waals surface area contributed by atoms with Gasteiger partial charge in [-0.2, -0.15) is 11.8 Å². The second kappa shape index (κ2) is 6.25. The number of thioether (sulfide) groups is 1. The van der Waals surface area contributed by atoms with Gasteiger partial charge in [-0.15, -0.1) is 0 Å². The van der Waals surface area contributed by atoms with Crippen LogP contribution >= 0.6 is 11.8 Å². The lowest BCUT2D eigenvalue weighted by Crippen LogP contribution is -2.16. The van der Waals surface area contributed by atoms with Gasteiger partial charge in [0, 0.05) is 6.04 Å². The SMILES string of the molecule is NC(CC(=O)O)c1cccc(C2CCSCC2)c1. The first kappa shape index (κ1) is 13.4. The van der Waals surface area contributed by atoms with Crippen molar-refractivity contribution in [3.63, 3.8) is 0 Å². The van der Waals surface area contributed by atoms with E-state index in [1.54, 1.807) is 0 Å². The average molecular weight is 265 g/mol. The number of carbonyl (C=O) groups is 1. The van der Waals surface area contributed by atoms with E-state index in [2.05, 4.69) is 12.1 Å². The summed E-state index contributed by atoms with van der Waals surface area (Å²) in [6.45, 7) is 0. The zero-order valence-electron chi connectivity index (χ0n) is 10.3. The van der Waals surface area contributed by atoms with E-state index in [0.717, 1.165) is 5.56 Å². The van der Waals surface area contributed by atoms with Crippen LogP contribution < -0.4 is 5.73 Å². The van der Waals surface area contributed by atoms with Crippen LogP contribution in [0.2, 0.25) is 0 Å². The molecule has 98 valence electrons. The van der Waals surface area contributed by atoms with Crippen LogP contribution in [0.4, 0.5) is 0 Å². The maximum absolute atomic E-state index is 10.7. The fourth-order valence-corrected chi connectivity index (χ4v) is 3.49. The van der Waals surface area contributed by atoms with Crippen molar-refractivity contribution in [1.29, 1.82) is 0 Å². The lowest BCUT2D eigenvalue weighted by atomic mass is 9.91. The van der Waals surface area contributed by atoms with Crippen LogP contribution in [-0.2, 0) is 4.79 Å². The molecule has 1 aromatic rings. The van der Waals surface area contributed by atoms with Crippen molar-refractivity contribution in [3.05, 3.63) is 35.4 Å². The maximum Gasteiger partial charge on any atom is 0.305 e. The molecule has 1 aromatic carbocycles. The van der Waals surface area contributed by atoms with E-state index in [1.807, 2.05) is 23.9 Å². The van der Waals surface area contributed by atoms with Gasteiger partial charge in [-0.1, -0.05) is 24.3 Å². The Hall–Kier alpha value is -1.00. The summed E-state index contributed by atoms with van der Waals surface area (Å²) in [6.07, 6.45) is 2.41. The number of aliphatic carboxylic acids is 1. The molecule has 0 aromatic heterocycles. The molecule has 18 heavy (non-hydrogen) atoms. The molecule has 1 aliphatic rings.